The van der Waals surface area contributed by atoms with Crippen LogP contribution >= 0.6 is 7.82 Å². The Bertz CT molecular complexity index is 2160. The van der Waals surface area contributed by atoms with Gasteiger partial charge in [0.05, 0.1) is 33.0 Å². The minimum atomic E-state index is -4.40. The van der Waals surface area contributed by atoms with Crippen molar-refractivity contribution in [2.45, 2.75) is 115 Å². The molecule has 2 bridgehead atoms. The summed E-state index contributed by atoms with van der Waals surface area (Å²) in [5, 5.41) is 0. The van der Waals surface area contributed by atoms with Gasteiger partial charge in [0.1, 0.15) is 36.6 Å². The van der Waals surface area contributed by atoms with Crippen LogP contribution in [0.2, 0.25) is 0 Å². The summed E-state index contributed by atoms with van der Waals surface area (Å²) in [6.07, 6.45) is -2.06. The molecule has 5 aromatic carbocycles. The van der Waals surface area contributed by atoms with Crippen molar-refractivity contribution < 1.29 is 41.8 Å². The monoisotopic (exact) mass is 844 g/mol. The second kappa shape index (κ2) is 18.0. The second-order valence-electron chi connectivity index (χ2n) is 17.7. The highest BCUT2D eigenvalue weighted by Crippen LogP contribution is 2.73. The second-order valence-corrected chi connectivity index (χ2v) is 19.4. The van der Waals surface area contributed by atoms with Gasteiger partial charge in [-0.05, 0) is 52.0 Å². The van der Waals surface area contributed by atoms with Crippen molar-refractivity contribution in [1.29, 1.82) is 0 Å². The summed E-state index contributed by atoms with van der Waals surface area (Å²) in [6, 6.07) is 49.3. The van der Waals surface area contributed by atoms with Gasteiger partial charge in [0, 0.05) is 11.8 Å². The van der Waals surface area contributed by atoms with Crippen LogP contribution < -0.4 is 0 Å². The molecule has 4 fully saturated rings. The van der Waals surface area contributed by atoms with Crippen molar-refractivity contribution in [1.82, 2.24) is 0 Å². The van der Waals surface area contributed by atoms with Crippen LogP contribution in [0.25, 0.3) is 0 Å². The zero-order valence-electron chi connectivity index (χ0n) is 35.3. The van der Waals surface area contributed by atoms with Gasteiger partial charge in [0.2, 0.25) is 0 Å². The highest BCUT2D eigenvalue weighted by Gasteiger charge is 2.76. The van der Waals surface area contributed by atoms with E-state index in [2.05, 4.69) is 20.8 Å². The summed E-state index contributed by atoms with van der Waals surface area (Å²) in [5.41, 5.74) is 4.21. The molecule has 9 atom stereocenters. The molecule has 9 rings (SSSR count). The lowest BCUT2D eigenvalue weighted by Gasteiger charge is -2.46. The van der Waals surface area contributed by atoms with Gasteiger partial charge in [-0.1, -0.05) is 172 Å². The van der Waals surface area contributed by atoms with Gasteiger partial charge in [-0.2, -0.15) is 0 Å². The predicted molar refractivity (Wildman–Crippen MR) is 232 cm³/mol. The molecule has 1 spiro atoms. The van der Waals surface area contributed by atoms with Gasteiger partial charge in [0.25, 0.3) is 0 Å². The van der Waals surface area contributed by atoms with Crippen LogP contribution in [0.5, 0.6) is 0 Å². The standard InChI is InChI=1S/C51H57O9P/c1-49(2)42-29-30-50(49,3)51(31-42)58-46-44(54-33-38-21-11-5-12-22-38)43(53-32-37-19-9-4-10-20-37)45(55-34-39-23-13-6-14-24-39)48(47(46)59-51)60-61(52,56-35-40-25-15-7-16-26-40)57-36-41-27-17-8-18-28-41/h4-28,42-48H,29-36H2,1-3H3/t42-,43-,44-,45+,46+,47+,48-,50-,51?/m1/s1. The molecular weight excluding hydrogens is 788 g/mol. The minimum absolute atomic E-state index is 0.00472. The van der Waals surface area contributed by atoms with Crippen molar-refractivity contribution in [2.24, 2.45) is 16.7 Å². The topological polar surface area (TPSA) is 90.9 Å². The van der Waals surface area contributed by atoms with Crippen LogP contribution in [0.1, 0.15) is 67.9 Å². The van der Waals surface area contributed by atoms with Crippen molar-refractivity contribution >= 4 is 7.82 Å². The molecule has 61 heavy (non-hydrogen) atoms. The van der Waals surface area contributed by atoms with E-state index in [1.807, 2.05) is 152 Å². The number of phosphoric ester groups is 1. The van der Waals surface area contributed by atoms with E-state index >= 15 is 4.57 Å². The Kier molecular flexibility index (Phi) is 12.5. The molecule has 0 N–H and O–H groups in total. The first-order valence-electron chi connectivity index (χ1n) is 21.6. The Balaban J connectivity index is 1.14. The Morgan fingerprint density at radius 2 is 0.869 bits per heavy atom. The first-order valence-corrected chi connectivity index (χ1v) is 23.1. The summed E-state index contributed by atoms with van der Waals surface area (Å²) in [7, 11) is -4.40. The fraction of sp³-hybridized carbons (Fsp3) is 0.412. The molecular formula is C51H57O9P. The Morgan fingerprint density at radius 3 is 1.25 bits per heavy atom. The molecule has 1 heterocycles. The number of hydrogen-bond donors (Lipinski definition) is 0. The third-order valence-electron chi connectivity index (χ3n) is 14.0. The summed E-state index contributed by atoms with van der Waals surface area (Å²) in [6.45, 7) is 7.76. The van der Waals surface area contributed by atoms with Crippen LogP contribution in [-0.2, 0) is 74.9 Å². The highest BCUT2D eigenvalue weighted by molar-refractivity contribution is 7.48. The van der Waals surface area contributed by atoms with E-state index in [4.69, 9.17) is 37.3 Å². The quantitative estimate of drug-likeness (QED) is 0.0849. The van der Waals surface area contributed by atoms with Gasteiger partial charge in [-0.3, -0.25) is 13.6 Å². The van der Waals surface area contributed by atoms with Crippen molar-refractivity contribution in [3.05, 3.63) is 179 Å². The van der Waals surface area contributed by atoms with Gasteiger partial charge >= 0.3 is 7.82 Å². The molecule has 320 valence electrons. The van der Waals surface area contributed by atoms with Crippen molar-refractivity contribution in [2.75, 3.05) is 0 Å². The van der Waals surface area contributed by atoms with Gasteiger partial charge in [-0.25, -0.2) is 4.57 Å². The third-order valence-corrected chi connectivity index (χ3v) is 15.4. The fourth-order valence-corrected chi connectivity index (χ4v) is 11.4. The summed E-state index contributed by atoms with van der Waals surface area (Å²) in [5.74, 6) is -0.562. The van der Waals surface area contributed by atoms with E-state index in [1.165, 1.54) is 0 Å². The molecule has 4 aliphatic rings. The van der Waals surface area contributed by atoms with Gasteiger partial charge in [0.15, 0.2) is 5.79 Å². The average Bonchev–Trinajstić information content (AvgIpc) is 3.84. The van der Waals surface area contributed by atoms with E-state index in [9.17, 15) is 0 Å². The molecule has 0 radical (unpaired) electrons. The average molecular weight is 845 g/mol. The van der Waals surface area contributed by atoms with E-state index in [0.29, 0.717) is 12.5 Å². The number of ether oxygens (including phenoxy) is 5. The van der Waals surface area contributed by atoms with E-state index in [0.717, 1.165) is 47.1 Å². The molecule has 10 heteroatoms. The molecule has 3 saturated carbocycles. The number of fused-ring (bicyclic) bond motifs is 4. The molecule has 0 aromatic heterocycles. The first-order chi connectivity index (χ1) is 29.7. The van der Waals surface area contributed by atoms with Crippen LogP contribution in [0.15, 0.2) is 152 Å². The lowest BCUT2D eigenvalue weighted by molar-refractivity contribution is -0.258. The van der Waals surface area contributed by atoms with Crippen LogP contribution in [-0.4, -0.2) is 42.4 Å². The van der Waals surface area contributed by atoms with E-state index < -0.39 is 50.2 Å². The maximum Gasteiger partial charge on any atom is 0.475 e. The van der Waals surface area contributed by atoms with Crippen LogP contribution in [0.4, 0.5) is 0 Å². The number of rotatable bonds is 17. The van der Waals surface area contributed by atoms with Crippen LogP contribution in [0.3, 0.4) is 0 Å². The van der Waals surface area contributed by atoms with Crippen LogP contribution in [0, 0.1) is 16.7 Å². The molecule has 9 nitrogen and oxygen atoms in total. The van der Waals surface area contributed by atoms with E-state index in [-0.39, 0.29) is 37.3 Å². The van der Waals surface area contributed by atoms with E-state index in [1.54, 1.807) is 0 Å². The molecule has 1 unspecified atom stereocenters. The first kappa shape index (κ1) is 42.3. The smallest absolute Gasteiger partial charge is 0.368 e. The van der Waals surface area contributed by atoms with Crippen molar-refractivity contribution in [3.63, 3.8) is 0 Å². The van der Waals surface area contributed by atoms with Gasteiger partial charge < -0.3 is 23.7 Å². The molecule has 5 aromatic rings. The summed E-state index contributed by atoms with van der Waals surface area (Å²) >= 11 is 0. The lowest BCUT2D eigenvalue weighted by atomic mass is 9.68. The largest absolute Gasteiger partial charge is 0.475 e. The minimum Gasteiger partial charge on any atom is -0.368 e. The maximum absolute atomic E-state index is 15.4. The zero-order chi connectivity index (χ0) is 41.9. The zero-order valence-corrected chi connectivity index (χ0v) is 36.1. The Hall–Kier alpha value is -3.99. The molecule has 3 aliphatic carbocycles. The molecule has 1 aliphatic heterocycles. The molecule has 1 saturated heterocycles. The highest BCUT2D eigenvalue weighted by atomic mass is 31.2. The third kappa shape index (κ3) is 8.70. The van der Waals surface area contributed by atoms with Gasteiger partial charge in [-0.15, -0.1) is 0 Å². The Morgan fingerprint density at radius 1 is 0.508 bits per heavy atom. The number of benzene rings is 5. The van der Waals surface area contributed by atoms with Crippen molar-refractivity contribution in [3.8, 4) is 0 Å². The maximum atomic E-state index is 15.4. The number of phosphoric acid groups is 1. The molecule has 0 amide bonds. The summed E-state index contributed by atoms with van der Waals surface area (Å²) < 4.78 is 71.0. The predicted octanol–water partition coefficient (Wildman–Crippen LogP) is 11.0. The normalized spacial score (nSPS) is 30.1. The SMILES string of the molecule is CC1(C)[C@@H]2CC[C@@]1(C)C1(C2)O[C@H]2[C@H](OCc3ccccc3)[C@@H](OCc3ccccc3)[C@H](OCc3ccccc3)[C@@H](OP(=O)(OCc3ccccc3)OCc3ccccc3)[C@H]2O1. The lowest BCUT2D eigenvalue weighted by Crippen LogP contribution is -2.65. The fourth-order valence-electron chi connectivity index (χ4n) is 10.1. The number of hydrogen-bond acceptors (Lipinski definition) is 9. The Labute approximate surface area is 360 Å². The summed E-state index contributed by atoms with van der Waals surface area (Å²) in [4.78, 5) is 0.